The van der Waals surface area contributed by atoms with E-state index in [0.29, 0.717) is 6.54 Å². The molecule has 0 saturated carbocycles. The maximum Gasteiger partial charge on any atom is 0.308 e. The van der Waals surface area contributed by atoms with E-state index in [2.05, 4.69) is 39.5 Å². The van der Waals surface area contributed by atoms with E-state index in [1.54, 1.807) is 0 Å². The maximum absolute atomic E-state index is 11.7. The Labute approximate surface area is 177 Å². The van der Waals surface area contributed by atoms with Crippen molar-refractivity contribution in [2.24, 2.45) is 10.9 Å². The van der Waals surface area contributed by atoms with E-state index >= 15 is 0 Å². The summed E-state index contributed by atoms with van der Waals surface area (Å²) in [5.41, 5.74) is 3.04. The minimum absolute atomic E-state index is 0. The first kappa shape index (κ1) is 21.5. The number of ether oxygens (including phenoxy) is 1. The van der Waals surface area contributed by atoms with E-state index in [9.17, 15) is 4.79 Å². The van der Waals surface area contributed by atoms with Gasteiger partial charge in [0.1, 0.15) is 5.65 Å². The summed E-state index contributed by atoms with van der Waals surface area (Å²) in [6.07, 6.45) is 3.64. The van der Waals surface area contributed by atoms with Gasteiger partial charge < -0.3 is 19.4 Å². The van der Waals surface area contributed by atoms with Crippen LogP contribution in [0.15, 0.2) is 29.4 Å². The van der Waals surface area contributed by atoms with Crippen molar-refractivity contribution in [1.82, 2.24) is 19.6 Å². The molecule has 3 rings (SSSR count). The van der Waals surface area contributed by atoms with Crippen molar-refractivity contribution in [2.75, 3.05) is 26.7 Å². The summed E-state index contributed by atoms with van der Waals surface area (Å²) in [7, 11) is 1.46. The van der Waals surface area contributed by atoms with E-state index in [0.717, 1.165) is 55.5 Å². The fraction of sp³-hybridized carbons (Fsp3) is 0.526. The number of halogens is 1. The van der Waals surface area contributed by atoms with Crippen molar-refractivity contribution in [2.45, 2.75) is 33.2 Å². The van der Waals surface area contributed by atoms with Crippen LogP contribution in [0, 0.1) is 12.8 Å². The third-order valence-electron chi connectivity index (χ3n) is 4.80. The molecule has 7 nitrogen and oxygen atoms in total. The minimum Gasteiger partial charge on any atom is -0.469 e. The quantitative estimate of drug-likeness (QED) is 0.312. The number of guanidine groups is 1. The molecule has 0 atom stereocenters. The number of aryl methyl sites for hydroxylation is 1. The van der Waals surface area contributed by atoms with Crippen molar-refractivity contribution in [3.05, 3.63) is 35.8 Å². The van der Waals surface area contributed by atoms with Crippen molar-refractivity contribution < 1.29 is 9.53 Å². The van der Waals surface area contributed by atoms with Gasteiger partial charge in [-0.05, 0) is 38.8 Å². The average molecular weight is 485 g/mol. The van der Waals surface area contributed by atoms with Gasteiger partial charge in [-0.2, -0.15) is 0 Å². The van der Waals surface area contributed by atoms with Crippen LogP contribution in [0.25, 0.3) is 5.65 Å². The third kappa shape index (κ3) is 5.12. The zero-order valence-corrected chi connectivity index (χ0v) is 18.5. The molecule has 27 heavy (non-hydrogen) atoms. The zero-order chi connectivity index (χ0) is 18.5. The monoisotopic (exact) mass is 485 g/mol. The highest BCUT2D eigenvalue weighted by molar-refractivity contribution is 14.0. The number of pyridine rings is 1. The molecule has 2 aromatic heterocycles. The van der Waals surface area contributed by atoms with Crippen LogP contribution in [0.3, 0.4) is 0 Å². The first-order valence-electron chi connectivity index (χ1n) is 9.17. The average Bonchev–Trinajstić information content (AvgIpc) is 3.09. The van der Waals surface area contributed by atoms with E-state index < -0.39 is 0 Å². The molecule has 0 bridgehead atoms. The smallest absolute Gasteiger partial charge is 0.308 e. The van der Waals surface area contributed by atoms with Crippen LogP contribution in [0.1, 0.15) is 31.2 Å². The Morgan fingerprint density at radius 2 is 2.11 bits per heavy atom. The number of rotatable bonds is 4. The highest BCUT2D eigenvalue weighted by atomic mass is 127. The van der Waals surface area contributed by atoms with Crippen molar-refractivity contribution in [3.8, 4) is 0 Å². The van der Waals surface area contributed by atoms with Crippen LogP contribution < -0.4 is 5.32 Å². The highest BCUT2D eigenvalue weighted by Crippen LogP contribution is 2.18. The van der Waals surface area contributed by atoms with E-state index in [4.69, 9.17) is 9.73 Å². The summed E-state index contributed by atoms with van der Waals surface area (Å²) in [6, 6.07) is 6.08. The number of carbonyl (C=O) groups is 1. The molecule has 1 aliphatic heterocycles. The molecule has 0 aromatic carbocycles. The summed E-state index contributed by atoms with van der Waals surface area (Å²) in [6.45, 7) is 7.06. The van der Waals surface area contributed by atoms with Crippen LogP contribution in [-0.2, 0) is 16.1 Å². The lowest BCUT2D eigenvalue weighted by molar-refractivity contribution is -0.146. The predicted octanol–water partition coefficient (Wildman–Crippen LogP) is 2.61. The topological polar surface area (TPSA) is 71.2 Å². The van der Waals surface area contributed by atoms with Crippen molar-refractivity contribution >= 4 is 41.6 Å². The Balaban J connectivity index is 0.00000261. The van der Waals surface area contributed by atoms with Gasteiger partial charge in [0.25, 0.3) is 0 Å². The zero-order valence-electron chi connectivity index (χ0n) is 16.1. The Morgan fingerprint density at radius 3 is 2.74 bits per heavy atom. The lowest BCUT2D eigenvalue weighted by Crippen LogP contribution is -2.46. The van der Waals surface area contributed by atoms with Gasteiger partial charge in [0.05, 0.1) is 25.3 Å². The summed E-state index contributed by atoms with van der Waals surface area (Å²) in [5.74, 6) is 0.775. The second-order valence-electron chi connectivity index (χ2n) is 6.58. The standard InChI is InChI=1S/C19H27N5O2.HI/c1-4-20-19(23-10-8-15(9-11-23)18(25)26-3)21-12-16-13-24-14(2)6-5-7-17(24)22-16;/h5-7,13,15H,4,8-12H2,1-3H3,(H,20,21);1H. The van der Waals surface area contributed by atoms with Crippen molar-refractivity contribution in [1.29, 1.82) is 0 Å². The number of aromatic nitrogens is 2. The number of esters is 1. The van der Waals surface area contributed by atoms with Gasteiger partial charge in [-0.3, -0.25) is 4.79 Å². The summed E-state index contributed by atoms with van der Waals surface area (Å²) in [5, 5.41) is 3.35. The summed E-state index contributed by atoms with van der Waals surface area (Å²) >= 11 is 0. The van der Waals surface area contributed by atoms with Crippen LogP contribution in [0.4, 0.5) is 0 Å². The van der Waals surface area contributed by atoms with Gasteiger partial charge in [0, 0.05) is 31.5 Å². The lowest BCUT2D eigenvalue weighted by Gasteiger charge is -2.33. The highest BCUT2D eigenvalue weighted by Gasteiger charge is 2.26. The van der Waals surface area contributed by atoms with Gasteiger partial charge in [-0.15, -0.1) is 24.0 Å². The number of fused-ring (bicyclic) bond motifs is 1. The number of aliphatic imine (C=N–C) groups is 1. The number of hydrogen-bond acceptors (Lipinski definition) is 4. The Hall–Kier alpha value is -1.84. The van der Waals surface area contributed by atoms with Crippen LogP contribution >= 0.6 is 24.0 Å². The first-order valence-corrected chi connectivity index (χ1v) is 9.17. The Morgan fingerprint density at radius 1 is 1.37 bits per heavy atom. The van der Waals surface area contributed by atoms with E-state index in [1.165, 1.54) is 7.11 Å². The number of carbonyl (C=O) groups excluding carboxylic acids is 1. The minimum atomic E-state index is -0.105. The molecule has 3 heterocycles. The SMILES string of the molecule is CCNC(=NCc1cn2c(C)cccc2n1)N1CCC(C(=O)OC)CC1.I. The molecular weight excluding hydrogens is 457 g/mol. The van der Waals surface area contributed by atoms with Gasteiger partial charge in [0.2, 0.25) is 0 Å². The van der Waals surface area contributed by atoms with Gasteiger partial charge in [0.15, 0.2) is 5.96 Å². The van der Waals surface area contributed by atoms with Gasteiger partial charge >= 0.3 is 5.97 Å². The van der Waals surface area contributed by atoms with Crippen LogP contribution in [-0.4, -0.2) is 53.0 Å². The molecule has 0 amide bonds. The molecule has 148 valence electrons. The number of methoxy groups -OCH3 is 1. The molecular formula is C19H28IN5O2. The van der Waals surface area contributed by atoms with Gasteiger partial charge in [-0.1, -0.05) is 6.07 Å². The Kier molecular flexibility index (Phi) is 7.88. The van der Waals surface area contributed by atoms with Crippen LogP contribution in [0.2, 0.25) is 0 Å². The number of piperidine rings is 1. The number of hydrogen-bond donors (Lipinski definition) is 1. The first-order chi connectivity index (χ1) is 12.6. The van der Waals surface area contributed by atoms with Gasteiger partial charge in [-0.25, -0.2) is 9.98 Å². The van der Waals surface area contributed by atoms with E-state index in [-0.39, 0.29) is 35.9 Å². The normalized spacial score (nSPS) is 15.5. The molecule has 1 aliphatic rings. The number of imidazole rings is 1. The molecule has 0 unspecified atom stereocenters. The molecule has 0 aliphatic carbocycles. The van der Waals surface area contributed by atoms with Crippen LogP contribution in [0.5, 0.6) is 0 Å². The molecule has 8 heteroatoms. The molecule has 1 N–H and O–H groups in total. The number of nitrogens with zero attached hydrogens (tertiary/aromatic N) is 4. The Bertz CT molecular complexity index is 796. The fourth-order valence-corrected chi connectivity index (χ4v) is 3.35. The molecule has 1 fully saturated rings. The molecule has 0 spiro atoms. The predicted molar refractivity (Wildman–Crippen MR) is 116 cm³/mol. The maximum atomic E-state index is 11.7. The number of nitrogens with one attached hydrogen (secondary N) is 1. The second-order valence-corrected chi connectivity index (χ2v) is 6.58. The summed E-state index contributed by atoms with van der Waals surface area (Å²) in [4.78, 5) is 23.3. The molecule has 2 aromatic rings. The third-order valence-corrected chi connectivity index (χ3v) is 4.80. The molecule has 1 saturated heterocycles. The van der Waals surface area contributed by atoms with Crippen molar-refractivity contribution in [3.63, 3.8) is 0 Å². The lowest BCUT2D eigenvalue weighted by atomic mass is 9.97. The second kappa shape index (κ2) is 9.91. The summed E-state index contributed by atoms with van der Waals surface area (Å²) < 4.78 is 6.95. The number of likely N-dealkylation sites (tertiary alicyclic amines) is 1. The largest absolute Gasteiger partial charge is 0.469 e. The molecule has 0 radical (unpaired) electrons. The van der Waals surface area contributed by atoms with E-state index in [1.807, 2.05) is 18.3 Å². The fourth-order valence-electron chi connectivity index (χ4n) is 3.35.